The first-order chi connectivity index (χ1) is 10.2. The summed E-state index contributed by atoms with van der Waals surface area (Å²) in [5.74, 6) is 0.617. The highest BCUT2D eigenvalue weighted by atomic mass is 79.9. The summed E-state index contributed by atoms with van der Waals surface area (Å²) in [4.78, 5) is 15.4. The third-order valence-corrected chi connectivity index (χ3v) is 4.78. The molecule has 6 heteroatoms. The summed E-state index contributed by atoms with van der Waals surface area (Å²) in [6, 6.07) is 7.81. The Morgan fingerprint density at radius 1 is 1.38 bits per heavy atom. The van der Waals surface area contributed by atoms with Crippen molar-refractivity contribution in [1.82, 2.24) is 14.7 Å². The van der Waals surface area contributed by atoms with Crippen molar-refractivity contribution < 1.29 is 4.79 Å². The van der Waals surface area contributed by atoms with Crippen LogP contribution in [0.1, 0.15) is 10.4 Å². The van der Waals surface area contributed by atoms with Gasteiger partial charge in [-0.25, -0.2) is 0 Å². The number of hydrogen-bond acceptors (Lipinski definition) is 3. The number of aromatic nitrogens is 2. The molecule has 1 fully saturated rings. The maximum absolute atomic E-state index is 12.3. The molecule has 0 bridgehead atoms. The molecule has 2 aromatic rings. The van der Waals surface area contributed by atoms with E-state index in [1.807, 2.05) is 46.3 Å². The minimum Gasteiger partial charge on any atom is -0.338 e. The molecule has 1 amide bonds. The number of halogens is 1. The van der Waals surface area contributed by atoms with Gasteiger partial charge in [0.2, 0.25) is 0 Å². The van der Waals surface area contributed by atoms with E-state index in [2.05, 4.69) is 21.0 Å². The molecule has 4 nitrogen and oxygen atoms in total. The minimum absolute atomic E-state index is 0.126. The molecule has 1 aliphatic rings. The van der Waals surface area contributed by atoms with E-state index in [0.29, 0.717) is 5.92 Å². The van der Waals surface area contributed by atoms with Gasteiger partial charge in [0.05, 0.1) is 10.7 Å². The number of thioether (sulfide) groups is 1. The number of carbonyl (C=O) groups excluding carboxylic acids is 1. The van der Waals surface area contributed by atoms with Gasteiger partial charge < -0.3 is 4.90 Å². The first kappa shape index (κ1) is 14.7. The van der Waals surface area contributed by atoms with Crippen molar-refractivity contribution in [3.05, 3.63) is 46.7 Å². The average molecular weight is 366 g/mol. The smallest absolute Gasteiger partial charge is 0.253 e. The summed E-state index contributed by atoms with van der Waals surface area (Å²) in [6.07, 6.45) is 5.78. The Bertz CT molecular complexity index is 635. The normalized spacial score (nSPS) is 15.0. The van der Waals surface area contributed by atoms with Gasteiger partial charge in [0.15, 0.2) is 0 Å². The second-order valence-electron chi connectivity index (χ2n) is 5.19. The Morgan fingerprint density at radius 2 is 2.10 bits per heavy atom. The third-order valence-electron chi connectivity index (χ3n) is 3.63. The Morgan fingerprint density at radius 3 is 2.67 bits per heavy atom. The van der Waals surface area contributed by atoms with Gasteiger partial charge in [-0.1, -0.05) is 0 Å². The zero-order valence-corrected chi connectivity index (χ0v) is 14.1. The van der Waals surface area contributed by atoms with Crippen LogP contribution in [0.3, 0.4) is 0 Å². The van der Waals surface area contributed by atoms with Crippen LogP contribution in [0.25, 0.3) is 0 Å². The van der Waals surface area contributed by atoms with E-state index in [9.17, 15) is 4.79 Å². The predicted octanol–water partition coefficient (Wildman–Crippen LogP) is 3.14. The summed E-state index contributed by atoms with van der Waals surface area (Å²) >= 11 is 5.07. The van der Waals surface area contributed by atoms with Crippen molar-refractivity contribution in [2.24, 2.45) is 5.92 Å². The molecule has 110 valence electrons. The molecule has 0 saturated carbocycles. The molecule has 21 heavy (non-hydrogen) atoms. The fourth-order valence-electron chi connectivity index (χ4n) is 2.47. The van der Waals surface area contributed by atoms with Crippen molar-refractivity contribution in [2.45, 2.75) is 11.4 Å². The molecule has 2 heterocycles. The molecular formula is C15H16BrN3OS. The Labute approximate surface area is 136 Å². The largest absolute Gasteiger partial charge is 0.338 e. The Balaban J connectivity index is 1.54. The maximum atomic E-state index is 12.3. The van der Waals surface area contributed by atoms with E-state index in [1.165, 1.54) is 4.90 Å². The molecule has 0 radical (unpaired) electrons. The Kier molecular flexibility index (Phi) is 4.35. The summed E-state index contributed by atoms with van der Waals surface area (Å²) in [5, 5.41) is 4.25. The van der Waals surface area contributed by atoms with Crippen LogP contribution >= 0.6 is 27.7 Å². The van der Waals surface area contributed by atoms with Crippen LogP contribution in [0, 0.1) is 5.92 Å². The monoisotopic (exact) mass is 365 g/mol. The molecule has 0 unspecified atom stereocenters. The minimum atomic E-state index is 0.126. The number of nitrogens with zero attached hydrogens (tertiary/aromatic N) is 3. The zero-order chi connectivity index (χ0) is 14.8. The Hall–Kier alpha value is -1.27. The van der Waals surface area contributed by atoms with Crippen LogP contribution in [0.2, 0.25) is 0 Å². The lowest BCUT2D eigenvalue weighted by Gasteiger charge is -2.39. The first-order valence-corrected chi connectivity index (χ1v) is 8.79. The quantitative estimate of drug-likeness (QED) is 0.781. The van der Waals surface area contributed by atoms with E-state index in [-0.39, 0.29) is 5.91 Å². The molecule has 0 spiro atoms. The number of likely N-dealkylation sites (tertiary alicyclic amines) is 1. The van der Waals surface area contributed by atoms with Crippen molar-refractivity contribution in [3.63, 3.8) is 0 Å². The molecule has 1 saturated heterocycles. The molecule has 1 aliphatic heterocycles. The van der Waals surface area contributed by atoms with Crippen molar-refractivity contribution in [2.75, 3.05) is 19.3 Å². The second kappa shape index (κ2) is 6.23. The second-order valence-corrected chi connectivity index (χ2v) is 6.98. The van der Waals surface area contributed by atoms with Crippen LogP contribution < -0.4 is 0 Å². The zero-order valence-electron chi connectivity index (χ0n) is 11.7. The fraction of sp³-hybridized carbons (Fsp3) is 0.333. The van der Waals surface area contributed by atoms with Gasteiger partial charge in [0.1, 0.15) is 0 Å². The summed E-state index contributed by atoms with van der Waals surface area (Å²) in [6.45, 7) is 2.47. The summed E-state index contributed by atoms with van der Waals surface area (Å²) in [5.41, 5.74) is 0.771. The van der Waals surface area contributed by atoms with Crippen LogP contribution in [0.15, 0.2) is 46.0 Å². The average Bonchev–Trinajstić information content (AvgIpc) is 2.87. The van der Waals surface area contributed by atoms with Crippen molar-refractivity contribution in [1.29, 1.82) is 0 Å². The molecule has 0 N–H and O–H groups in total. The lowest BCUT2D eigenvalue weighted by molar-refractivity contribution is 0.0461. The molecule has 3 rings (SSSR count). The number of amides is 1. The van der Waals surface area contributed by atoms with E-state index in [4.69, 9.17) is 0 Å². The molecule has 1 aromatic heterocycles. The van der Waals surface area contributed by atoms with Crippen LogP contribution in [-0.2, 0) is 6.54 Å². The van der Waals surface area contributed by atoms with Crippen molar-refractivity contribution in [3.8, 4) is 0 Å². The molecular weight excluding hydrogens is 350 g/mol. The molecule has 0 atom stereocenters. The van der Waals surface area contributed by atoms with Crippen LogP contribution in [0.4, 0.5) is 0 Å². The SMILES string of the molecule is CSc1ccc(C(=O)N2CC(Cn3cc(Br)cn3)C2)cc1. The first-order valence-electron chi connectivity index (χ1n) is 6.77. The lowest BCUT2D eigenvalue weighted by atomic mass is 9.99. The van der Waals surface area contributed by atoms with E-state index < -0.39 is 0 Å². The van der Waals surface area contributed by atoms with Gasteiger partial charge in [0, 0.05) is 42.2 Å². The maximum Gasteiger partial charge on any atom is 0.253 e. The highest BCUT2D eigenvalue weighted by molar-refractivity contribution is 9.10. The fourth-order valence-corrected chi connectivity index (χ4v) is 3.21. The van der Waals surface area contributed by atoms with Crippen LogP contribution in [0.5, 0.6) is 0 Å². The van der Waals surface area contributed by atoms with Crippen LogP contribution in [-0.4, -0.2) is 39.9 Å². The number of carbonyl (C=O) groups is 1. The highest BCUT2D eigenvalue weighted by Gasteiger charge is 2.31. The van der Waals surface area contributed by atoms with Gasteiger partial charge in [-0.05, 0) is 46.5 Å². The van der Waals surface area contributed by atoms with Gasteiger partial charge in [0.25, 0.3) is 5.91 Å². The van der Waals surface area contributed by atoms with E-state index in [0.717, 1.165) is 29.7 Å². The lowest BCUT2D eigenvalue weighted by Crippen LogP contribution is -2.51. The molecule has 0 aliphatic carbocycles. The third kappa shape index (κ3) is 3.32. The van der Waals surface area contributed by atoms with E-state index in [1.54, 1.807) is 18.0 Å². The summed E-state index contributed by atoms with van der Waals surface area (Å²) < 4.78 is 2.91. The number of benzene rings is 1. The van der Waals surface area contributed by atoms with Gasteiger partial charge in [-0.3, -0.25) is 9.48 Å². The van der Waals surface area contributed by atoms with Gasteiger partial charge in [-0.15, -0.1) is 11.8 Å². The topological polar surface area (TPSA) is 38.1 Å². The molecule has 1 aromatic carbocycles. The van der Waals surface area contributed by atoms with E-state index >= 15 is 0 Å². The predicted molar refractivity (Wildman–Crippen MR) is 87.5 cm³/mol. The highest BCUT2D eigenvalue weighted by Crippen LogP contribution is 2.22. The van der Waals surface area contributed by atoms with Crippen molar-refractivity contribution >= 4 is 33.6 Å². The van der Waals surface area contributed by atoms with Gasteiger partial charge >= 0.3 is 0 Å². The standard InChI is InChI=1S/C15H16BrN3OS/c1-21-14-4-2-12(3-5-14)15(20)18-7-11(8-18)9-19-10-13(16)6-17-19/h2-6,10-11H,7-9H2,1H3. The van der Waals surface area contributed by atoms with Gasteiger partial charge in [-0.2, -0.15) is 5.10 Å². The summed E-state index contributed by atoms with van der Waals surface area (Å²) in [7, 11) is 0. The number of hydrogen-bond donors (Lipinski definition) is 0. The number of rotatable bonds is 4.